The van der Waals surface area contributed by atoms with Crippen LogP contribution in [0.2, 0.25) is 0 Å². The van der Waals surface area contributed by atoms with Gasteiger partial charge < -0.3 is 19.3 Å². The Morgan fingerprint density at radius 1 is 1.06 bits per heavy atom. The second-order valence-electron chi connectivity index (χ2n) is 4.46. The van der Waals surface area contributed by atoms with Crippen molar-refractivity contribution in [2.24, 2.45) is 11.8 Å². The Kier molecular flexibility index (Phi) is 12.6. The highest BCUT2D eigenvalue weighted by molar-refractivity contribution is 5.59. The molecular weight excluding hydrogens is 240 g/mol. The highest BCUT2D eigenvalue weighted by Crippen LogP contribution is 1.98. The van der Waals surface area contributed by atoms with Gasteiger partial charge in [-0.25, -0.2) is 9.59 Å². The molecule has 0 aliphatic rings. The van der Waals surface area contributed by atoms with E-state index in [-0.39, 0.29) is 0 Å². The summed E-state index contributed by atoms with van der Waals surface area (Å²) in [5.74, 6) is 0.869. The number of carboxylic acid groups (broad SMARTS) is 1. The maximum atomic E-state index is 10.3. The molecule has 0 aromatic rings. The molecule has 6 nitrogen and oxygen atoms in total. The van der Waals surface area contributed by atoms with Crippen LogP contribution in [0.3, 0.4) is 0 Å². The number of hydrogen-bond donors (Lipinski definition) is 1. The van der Waals surface area contributed by atoms with Gasteiger partial charge in [0.15, 0.2) is 0 Å². The van der Waals surface area contributed by atoms with E-state index in [9.17, 15) is 9.59 Å². The molecule has 0 saturated carbocycles. The summed E-state index contributed by atoms with van der Waals surface area (Å²) < 4.78 is 13.1. The smallest absolute Gasteiger partial charge is 0.450 e. The third kappa shape index (κ3) is 20.0. The third-order valence-corrected chi connectivity index (χ3v) is 1.62. The summed E-state index contributed by atoms with van der Waals surface area (Å²) >= 11 is 0. The van der Waals surface area contributed by atoms with Crippen molar-refractivity contribution in [1.82, 2.24) is 0 Å². The van der Waals surface area contributed by atoms with Crippen molar-refractivity contribution in [2.45, 2.75) is 34.1 Å². The minimum absolute atomic E-state index is 0.312. The average molecular weight is 264 g/mol. The summed E-state index contributed by atoms with van der Waals surface area (Å²) in [6.07, 6.45) is -0.994. The Labute approximate surface area is 108 Å². The van der Waals surface area contributed by atoms with Gasteiger partial charge in [-0.1, -0.05) is 27.7 Å². The van der Waals surface area contributed by atoms with E-state index in [0.29, 0.717) is 25.0 Å². The topological polar surface area (TPSA) is 82.1 Å². The fraction of sp³-hybridized carbons (Fsp3) is 0.833. The van der Waals surface area contributed by atoms with Crippen LogP contribution in [-0.2, 0) is 14.2 Å². The Balaban J connectivity index is 0. The molecule has 0 heterocycles. The van der Waals surface area contributed by atoms with Crippen molar-refractivity contribution < 1.29 is 28.9 Å². The van der Waals surface area contributed by atoms with Crippen LogP contribution < -0.4 is 0 Å². The van der Waals surface area contributed by atoms with Crippen molar-refractivity contribution in [1.29, 1.82) is 0 Å². The van der Waals surface area contributed by atoms with Gasteiger partial charge >= 0.3 is 12.3 Å². The lowest BCUT2D eigenvalue weighted by Gasteiger charge is -2.03. The fourth-order valence-corrected chi connectivity index (χ4v) is 0.676. The lowest BCUT2D eigenvalue weighted by molar-refractivity contribution is 0.0638. The SMILES string of the molecule is CC(C)CCOC(=O)O.COC(=O)OCC(C)C. The molecule has 0 aliphatic heterocycles. The van der Waals surface area contributed by atoms with E-state index in [0.717, 1.165) is 6.42 Å². The van der Waals surface area contributed by atoms with Crippen molar-refractivity contribution in [3.05, 3.63) is 0 Å². The quantitative estimate of drug-likeness (QED) is 0.768. The van der Waals surface area contributed by atoms with Gasteiger partial charge in [0.2, 0.25) is 0 Å². The van der Waals surface area contributed by atoms with Crippen LogP contribution in [0.1, 0.15) is 34.1 Å². The molecular formula is C12H24O6. The monoisotopic (exact) mass is 264 g/mol. The summed E-state index contributed by atoms with van der Waals surface area (Å²) in [5.41, 5.74) is 0. The van der Waals surface area contributed by atoms with Gasteiger partial charge in [-0.05, 0) is 18.3 Å². The van der Waals surface area contributed by atoms with E-state index in [2.05, 4.69) is 14.2 Å². The lowest BCUT2D eigenvalue weighted by atomic mass is 10.1. The van der Waals surface area contributed by atoms with Crippen LogP contribution in [-0.4, -0.2) is 37.7 Å². The second kappa shape index (κ2) is 12.0. The average Bonchev–Trinajstić information content (AvgIpc) is 2.25. The molecule has 0 aliphatic carbocycles. The lowest BCUT2D eigenvalue weighted by Crippen LogP contribution is -2.09. The summed E-state index contributed by atoms with van der Waals surface area (Å²) in [7, 11) is 1.29. The Morgan fingerprint density at radius 3 is 1.94 bits per heavy atom. The number of ether oxygens (including phenoxy) is 3. The molecule has 0 unspecified atom stereocenters. The predicted octanol–water partition coefficient (Wildman–Crippen LogP) is 3.15. The van der Waals surface area contributed by atoms with Gasteiger partial charge in [-0.15, -0.1) is 0 Å². The Hall–Kier alpha value is -1.46. The molecule has 1 N–H and O–H groups in total. The van der Waals surface area contributed by atoms with Crippen LogP contribution in [0, 0.1) is 11.8 Å². The van der Waals surface area contributed by atoms with Crippen molar-refractivity contribution >= 4 is 12.3 Å². The molecule has 0 radical (unpaired) electrons. The molecule has 108 valence electrons. The van der Waals surface area contributed by atoms with Crippen molar-refractivity contribution in [3.63, 3.8) is 0 Å². The van der Waals surface area contributed by atoms with Crippen molar-refractivity contribution in [2.75, 3.05) is 20.3 Å². The van der Waals surface area contributed by atoms with Gasteiger partial charge in [-0.3, -0.25) is 0 Å². The van der Waals surface area contributed by atoms with Crippen LogP contribution in [0.15, 0.2) is 0 Å². The normalized spacial score (nSPS) is 9.50. The Bertz CT molecular complexity index is 225. The van der Waals surface area contributed by atoms with Gasteiger partial charge in [0.1, 0.15) is 0 Å². The third-order valence-electron chi connectivity index (χ3n) is 1.62. The number of hydrogen-bond acceptors (Lipinski definition) is 5. The van der Waals surface area contributed by atoms with Gasteiger partial charge in [0.25, 0.3) is 0 Å². The highest BCUT2D eigenvalue weighted by atomic mass is 16.7. The van der Waals surface area contributed by atoms with Gasteiger partial charge in [0, 0.05) is 0 Å². The first kappa shape index (κ1) is 18.9. The summed E-state index contributed by atoms with van der Waals surface area (Å²) in [6.45, 7) is 8.70. The van der Waals surface area contributed by atoms with Crippen molar-refractivity contribution in [3.8, 4) is 0 Å². The zero-order chi connectivity index (χ0) is 14.6. The molecule has 0 amide bonds. The van der Waals surface area contributed by atoms with Crippen LogP contribution in [0.25, 0.3) is 0 Å². The van der Waals surface area contributed by atoms with E-state index in [1.165, 1.54) is 7.11 Å². The van der Waals surface area contributed by atoms with E-state index < -0.39 is 12.3 Å². The first-order valence-electron chi connectivity index (χ1n) is 5.86. The van der Waals surface area contributed by atoms with E-state index >= 15 is 0 Å². The van der Waals surface area contributed by atoms with E-state index in [4.69, 9.17) is 5.11 Å². The molecule has 0 rings (SSSR count). The molecule has 6 heteroatoms. The predicted molar refractivity (Wildman–Crippen MR) is 66.6 cm³/mol. The zero-order valence-electron chi connectivity index (χ0n) is 11.8. The van der Waals surface area contributed by atoms with Crippen LogP contribution in [0.5, 0.6) is 0 Å². The molecule has 18 heavy (non-hydrogen) atoms. The summed E-state index contributed by atoms with van der Waals surface area (Å²) in [6, 6.07) is 0. The van der Waals surface area contributed by atoms with E-state index in [1.807, 2.05) is 27.7 Å². The highest BCUT2D eigenvalue weighted by Gasteiger charge is 2.00. The second-order valence-corrected chi connectivity index (χ2v) is 4.46. The fourth-order valence-electron chi connectivity index (χ4n) is 0.676. The zero-order valence-corrected chi connectivity index (χ0v) is 11.8. The minimum Gasteiger partial charge on any atom is -0.450 e. The number of methoxy groups -OCH3 is 1. The Morgan fingerprint density at radius 2 is 1.61 bits per heavy atom. The summed E-state index contributed by atoms with van der Waals surface area (Å²) in [5, 5.41) is 8.00. The first-order valence-corrected chi connectivity index (χ1v) is 5.86. The number of carbonyl (C=O) groups is 2. The molecule has 0 bridgehead atoms. The molecule has 0 saturated heterocycles. The maximum absolute atomic E-state index is 10.3. The largest absolute Gasteiger partial charge is 0.507 e. The number of carbonyl (C=O) groups excluding carboxylic acids is 1. The first-order chi connectivity index (χ1) is 8.29. The molecule has 0 atom stereocenters. The standard InChI is InChI=1S/2C6H12O3/c1-5(2)4-9-6(7)8-3;1-5(2)3-4-9-6(7)8/h5H,4H2,1-3H3;5H,3-4H2,1-2H3,(H,7,8). The van der Waals surface area contributed by atoms with Crippen LogP contribution >= 0.6 is 0 Å². The molecule has 0 aromatic carbocycles. The maximum Gasteiger partial charge on any atom is 0.507 e. The number of rotatable bonds is 5. The van der Waals surface area contributed by atoms with Gasteiger partial charge in [-0.2, -0.15) is 0 Å². The summed E-state index contributed by atoms with van der Waals surface area (Å²) in [4.78, 5) is 20.0. The molecule has 0 fully saturated rings. The van der Waals surface area contributed by atoms with Gasteiger partial charge in [0.05, 0.1) is 20.3 Å². The minimum atomic E-state index is -1.18. The molecule has 0 spiro atoms. The van der Waals surface area contributed by atoms with Crippen LogP contribution in [0.4, 0.5) is 9.59 Å². The van der Waals surface area contributed by atoms with E-state index in [1.54, 1.807) is 0 Å². The molecule has 0 aromatic heterocycles.